The molecule has 28 heavy (non-hydrogen) atoms. The lowest BCUT2D eigenvalue weighted by molar-refractivity contribution is -0.117. The Morgan fingerprint density at radius 2 is 1.75 bits per heavy atom. The molecule has 1 heterocycles. The van der Waals surface area contributed by atoms with Crippen LogP contribution in [0, 0.1) is 0 Å². The van der Waals surface area contributed by atoms with Gasteiger partial charge in [0.15, 0.2) is 0 Å². The second-order valence-corrected chi connectivity index (χ2v) is 8.48. The van der Waals surface area contributed by atoms with Crippen molar-refractivity contribution in [2.75, 3.05) is 12.4 Å². The third kappa shape index (κ3) is 4.71. The lowest BCUT2D eigenvalue weighted by atomic mass is 10.2. The van der Waals surface area contributed by atoms with E-state index < -0.39 is 22.0 Å². The molecule has 0 radical (unpaired) electrons. The van der Waals surface area contributed by atoms with E-state index in [1.807, 2.05) is 30.3 Å². The van der Waals surface area contributed by atoms with Crippen LogP contribution in [-0.2, 0) is 14.8 Å². The monoisotopic (exact) mass is 418 g/mol. The smallest absolute Gasteiger partial charge is 0.244 e. The molecule has 1 aromatic heterocycles. The zero-order valence-corrected chi connectivity index (χ0v) is 16.8. The molecule has 0 aliphatic heterocycles. The van der Waals surface area contributed by atoms with Gasteiger partial charge in [-0.15, -0.1) is 10.2 Å². The molecule has 0 spiro atoms. The van der Waals surface area contributed by atoms with Crippen molar-refractivity contribution in [3.63, 3.8) is 0 Å². The average molecular weight is 419 g/mol. The summed E-state index contributed by atoms with van der Waals surface area (Å²) in [5, 5.41) is 11.5. The van der Waals surface area contributed by atoms with E-state index in [0.717, 1.165) is 5.56 Å². The molecule has 3 aromatic rings. The van der Waals surface area contributed by atoms with Crippen LogP contribution < -0.4 is 14.8 Å². The van der Waals surface area contributed by atoms with Crippen LogP contribution in [0.25, 0.3) is 10.6 Å². The summed E-state index contributed by atoms with van der Waals surface area (Å²) in [5.74, 6) is 0.00285. The van der Waals surface area contributed by atoms with Gasteiger partial charge >= 0.3 is 0 Å². The average Bonchev–Trinajstić information content (AvgIpc) is 3.17. The van der Waals surface area contributed by atoms with E-state index in [0.29, 0.717) is 15.9 Å². The van der Waals surface area contributed by atoms with Gasteiger partial charge in [0.1, 0.15) is 10.8 Å². The quantitative estimate of drug-likeness (QED) is 0.610. The first-order chi connectivity index (χ1) is 13.4. The Hall–Kier alpha value is -2.82. The Labute approximate surface area is 166 Å². The lowest BCUT2D eigenvalue weighted by Gasteiger charge is -2.13. The van der Waals surface area contributed by atoms with Crippen LogP contribution in [0.1, 0.15) is 6.92 Å². The van der Waals surface area contributed by atoms with Crippen molar-refractivity contribution < 1.29 is 17.9 Å². The van der Waals surface area contributed by atoms with Gasteiger partial charge in [-0.1, -0.05) is 41.7 Å². The molecule has 146 valence electrons. The molecule has 0 bridgehead atoms. The summed E-state index contributed by atoms with van der Waals surface area (Å²) in [6.07, 6.45) is 0. The topological polar surface area (TPSA) is 110 Å². The number of aromatic nitrogens is 2. The van der Waals surface area contributed by atoms with Gasteiger partial charge in [0.2, 0.25) is 21.1 Å². The Morgan fingerprint density at radius 3 is 2.39 bits per heavy atom. The zero-order valence-electron chi connectivity index (χ0n) is 15.1. The third-order valence-corrected chi connectivity index (χ3v) is 6.22. The van der Waals surface area contributed by atoms with Crippen LogP contribution in [0.3, 0.4) is 0 Å². The van der Waals surface area contributed by atoms with Gasteiger partial charge < -0.3 is 4.74 Å². The molecule has 0 aliphatic carbocycles. The van der Waals surface area contributed by atoms with Crippen LogP contribution in [0.5, 0.6) is 5.75 Å². The summed E-state index contributed by atoms with van der Waals surface area (Å²) in [4.78, 5) is 12.4. The molecule has 0 saturated heterocycles. The van der Waals surface area contributed by atoms with E-state index in [1.165, 1.54) is 49.6 Å². The zero-order chi connectivity index (χ0) is 20.1. The molecule has 10 heteroatoms. The van der Waals surface area contributed by atoms with Crippen molar-refractivity contribution in [3.05, 3.63) is 54.6 Å². The van der Waals surface area contributed by atoms with Crippen LogP contribution in [-0.4, -0.2) is 37.7 Å². The fraction of sp³-hybridized carbons (Fsp3) is 0.167. The first-order valence-electron chi connectivity index (χ1n) is 8.25. The molecular weight excluding hydrogens is 400 g/mol. The maximum absolute atomic E-state index is 12.4. The van der Waals surface area contributed by atoms with Crippen LogP contribution in [0.4, 0.5) is 5.13 Å². The highest BCUT2D eigenvalue weighted by Crippen LogP contribution is 2.26. The maximum Gasteiger partial charge on any atom is 0.244 e. The largest absolute Gasteiger partial charge is 0.497 e. The predicted octanol–water partition coefficient (Wildman–Crippen LogP) is 2.52. The minimum Gasteiger partial charge on any atom is -0.497 e. The summed E-state index contributed by atoms with van der Waals surface area (Å²) >= 11 is 1.20. The molecule has 0 saturated carbocycles. The van der Waals surface area contributed by atoms with Crippen molar-refractivity contribution in [3.8, 4) is 16.3 Å². The molecular formula is C18H18N4O4S2. The number of nitrogens with zero attached hydrogens (tertiary/aromatic N) is 2. The molecule has 1 amide bonds. The maximum atomic E-state index is 12.4. The summed E-state index contributed by atoms with van der Waals surface area (Å²) < 4.78 is 32.2. The number of benzene rings is 2. The molecule has 2 aromatic carbocycles. The molecule has 0 unspecified atom stereocenters. The van der Waals surface area contributed by atoms with E-state index in [-0.39, 0.29) is 4.90 Å². The van der Waals surface area contributed by atoms with Crippen molar-refractivity contribution in [1.29, 1.82) is 0 Å². The number of hydrogen-bond donors (Lipinski definition) is 2. The van der Waals surface area contributed by atoms with Gasteiger partial charge in [0, 0.05) is 5.56 Å². The van der Waals surface area contributed by atoms with E-state index in [2.05, 4.69) is 20.2 Å². The van der Waals surface area contributed by atoms with Gasteiger partial charge in [0.25, 0.3) is 0 Å². The van der Waals surface area contributed by atoms with Gasteiger partial charge in [-0.25, -0.2) is 8.42 Å². The second kappa shape index (κ2) is 8.46. The Kier molecular flexibility index (Phi) is 6.02. The highest BCUT2D eigenvalue weighted by molar-refractivity contribution is 7.89. The van der Waals surface area contributed by atoms with Gasteiger partial charge in [0.05, 0.1) is 18.0 Å². The predicted molar refractivity (Wildman–Crippen MR) is 107 cm³/mol. The molecule has 2 N–H and O–H groups in total. The third-order valence-electron chi connectivity index (χ3n) is 3.77. The van der Waals surface area contributed by atoms with Crippen molar-refractivity contribution in [2.24, 2.45) is 0 Å². The number of methoxy groups -OCH3 is 1. The highest BCUT2D eigenvalue weighted by Gasteiger charge is 2.23. The van der Waals surface area contributed by atoms with Crippen LogP contribution in [0.2, 0.25) is 0 Å². The van der Waals surface area contributed by atoms with E-state index in [1.54, 1.807) is 0 Å². The Balaban J connectivity index is 1.65. The fourth-order valence-electron chi connectivity index (χ4n) is 2.29. The Morgan fingerprint density at radius 1 is 1.07 bits per heavy atom. The summed E-state index contributed by atoms with van der Waals surface area (Å²) in [5.41, 5.74) is 0.883. The second-order valence-electron chi connectivity index (χ2n) is 5.79. The number of sulfonamides is 1. The van der Waals surface area contributed by atoms with Gasteiger partial charge in [-0.05, 0) is 31.2 Å². The minimum atomic E-state index is -3.86. The molecule has 0 fully saturated rings. The van der Waals surface area contributed by atoms with Crippen molar-refractivity contribution in [1.82, 2.24) is 14.9 Å². The number of carbonyl (C=O) groups is 1. The van der Waals surface area contributed by atoms with Crippen LogP contribution in [0.15, 0.2) is 59.5 Å². The van der Waals surface area contributed by atoms with E-state index >= 15 is 0 Å². The van der Waals surface area contributed by atoms with Gasteiger partial charge in [-0.2, -0.15) is 4.72 Å². The number of hydrogen-bond acceptors (Lipinski definition) is 7. The van der Waals surface area contributed by atoms with Crippen molar-refractivity contribution >= 4 is 32.4 Å². The summed E-state index contributed by atoms with van der Waals surface area (Å²) in [6, 6.07) is 14.3. The fourth-order valence-corrected chi connectivity index (χ4v) is 4.25. The number of ether oxygens (including phenoxy) is 1. The van der Waals surface area contributed by atoms with Gasteiger partial charge in [-0.3, -0.25) is 10.1 Å². The number of rotatable bonds is 7. The first-order valence-corrected chi connectivity index (χ1v) is 10.5. The number of amides is 1. The molecule has 3 rings (SSSR count). The molecule has 0 aliphatic rings. The Bertz CT molecular complexity index is 1050. The summed E-state index contributed by atoms with van der Waals surface area (Å²) in [7, 11) is -2.37. The first kappa shape index (κ1) is 19.9. The summed E-state index contributed by atoms with van der Waals surface area (Å²) in [6.45, 7) is 1.45. The lowest BCUT2D eigenvalue weighted by Crippen LogP contribution is -2.41. The molecule has 8 nitrogen and oxygen atoms in total. The minimum absolute atomic E-state index is 0.0372. The number of anilines is 1. The molecule has 1 atom stereocenters. The van der Waals surface area contributed by atoms with Crippen LogP contribution >= 0.6 is 11.3 Å². The number of carbonyl (C=O) groups excluding carboxylic acids is 1. The van der Waals surface area contributed by atoms with Crippen molar-refractivity contribution in [2.45, 2.75) is 17.9 Å². The van der Waals surface area contributed by atoms with E-state index in [9.17, 15) is 13.2 Å². The SMILES string of the molecule is COc1ccc(S(=O)(=O)N[C@@H](C)C(=O)Nc2nnc(-c3ccccc3)s2)cc1. The normalized spacial score (nSPS) is 12.4. The standard InChI is InChI=1S/C18H18N4O4S2/c1-12(22-28(24,25)15-10-8-14(26-2)9-11-15)16(23)19-18-21-20-17(27-18)13-6-4-3-5-7-13/h3-12,22H,1-2H3,(H,19,21,23)/t12-/m0/s1. The van der Waals surface area contributed by atoms with E-state index in [4.69, 9.17) is 4.74 Å². The number of nitrogens with one attached hydrogen (secondary N) is 2. The highest BCUT2D eigenvalue weighted by atomic mass is 32.2.